The van der Waals surface area contributed by atoms with E-state index in [1.54, 1.807) is 52.1 Å². The smallest absolute Gasteiger partial charge is 0.409 e. The van der Waals surface area contributed by atoms with Crippen LogP contribution in [0.1, 0.15) is 85.1 Å². The Labute approximate surface area is 407 Å². The molecular formula is C48H67ClN4O14S. The van der Waals surface area contributed by atoms with Gasteiger partial charge in [0.2, 0.25) is 24.1 Å². The number of nitrogens with one attached hydrogen (secondary N) is 1. The summed E-state index contributed by atoms with van der Waals surface area (Å²) in [6.07, 6.45) is 4.98. The molecule has 3 N–H and O–H groups in total. The molecule has 4 fully saturated rings. The second-order valence-electron chi connectivity index (χ2n) is 18.7. The molecule has 68 heavy (non-hydrogen) atoms. The number of likely N-dealkylation sites (tertiary alicyclic amines) is 1. The van der Waals surface area contributed by atoms with Crippen molar-refractivity contribution in [3.05, 3.63) is 46.5 Å². The van der Waals surface area contributed by atoms with Gasteiger partial charge in [0.15, 0.2) is 5.72 Å². The van der Waals surface area contributed by atoms with Crippen LogP contribution in [0, 0.1) is 23.7 Å². The molecule has 0 aromatic heterocycles. The number of ether oxygens (including phenoxy) is 5. The molecule has 1 aromatic rings. The number of hydrogen-bond donors (Lipinski definition) is 3. The number of methoxy groups -OCH3 is 2. The highest BCUT2D eigenvalue weighted by atomic mass is 35.5. The summed E-state index contributed by atoms with van der Waals surface area (Å²) in [6.45, 7) is 9.08. The summed E-state index contributed by atoms with van der Waals surface area (Å²) in [5.41, 5.74) is -0.541. The number of allylic oxidation sites excluding steroid dienone is 3. The molecule has 3 saturated heterocycles. The number of aliphatic hydroxyl groups is 1. The summed E-state index contributed by atoms with van der Waals surface area (Å²) >= 11 is 7.82. The Balaban J connectivity index is 1.07. The van der Waals surface area contributed by atoms with Crippen LogP contribution in [0.3, 0.4) is 0 Å². The molecule has 1 saturated carbocycles. The lowest BCUT2D eigenvalue weighted by atomic mass is 9.82. The maximum absolute atomic E-state index is 13.4. The number of amides is 5. The number of benzene rings is 1. The fourth-order valence-electron chi connectivity index (χ4n) is 9.20. The molecule has 5 amide bonds. The summed E-state index contributed by atoms with van der Waals surface area (Å²) in [7, 11) is 6.02. The number of rotatable bonds is 23. The van der Waals surface area contributed by atoms with Crippen molar-refractivity contribution < 1.29 is 67.5 Å². The highest BCUT2D eigenvalue weighted by Gasteiger charge is 2.63. The normalized spacial score (nSPS) is 28.0. The van der Waals surface area contributed by atoms with Crippen molar-refractivity contribution in [1.82, 2.24) is 15.1 Å². The average Bonchev–Trinajstić information content (AvgIpc) is 3.94. The van der Waals surface area contributed by atoms with Crippen molar-refractivity contribution in [1.29, 1.82) is 0 Å². The van der Waals surface area contributed by atoms with E-state index in [4.69, 9.17) is 35.3 Å². The zero-order chi connectivity index (χ0) is 50.2. The van der Waals surface area contributed by atoms with E-state index in [9.17, 15) is 43.8 Å². The van der Waals surface area contributed by atoms with Crippen molar-refractivity contribution in [2.45, 2.75) is 128 Å². The van der Waals surface area contributed by atoms with Crippen LogP contribution in [-0.2, 0) is 54.1 Å². The van der Waals surface area contributed by atoms with Crippen LogP contribution in [0.4, 0.5) is 10.5 Å². The SMILES string of the molecule is COc1cc(C/C(C)=C/C=C/C(OC)C2(O)CC(C(C)C3OC3(C)C(C)OC(=O)C(C)N(C)C(=O)CCSCC3CC(=O)N(CC4CCC(C(=O)O)CC4)C3=O)OC(=O)N2)cc(N(C)C=O)c1Cl. The first-order chi connectivity index (χ1) is 32.1. The molecule has 3 heterocycles. The second-order valence-corrected chi connectivity index (χ2v) is 20.3. The van der Waals surface area contributed by atoms with Crippen LogP contribution in [0.25, 0.3) is 0 Å². The van der Waals surface area contributed by atoms with Crippen LogP contribution < -0.4 is 15.0 Å². The molecule has 4 aliphatic rings. The Morgan fingerprint density at radius 3 is 2.43 bits per heavy atom. The minimum Gasteiger partial charge on any atom is -0.495 e. The van der Waals surface area contributed by atoms with Crippen molar-refractivity contribution in [3.63, 3.8) is 0 Å². The average molecular weight is 992 g/mol. The van der Waals surface area contributed by atoms with Gasteiger partial charge in [-0.15, -0.1) is 0 Å². The highest BCUT2D eigenvalue weighted by molar-refractivity contribution is 7.99. The topological polar surface area (TPSA) is 231 Å². The molecule has 9 atom stereocenters. The minimum atomic E-state index is -1.85. The molecule has 1 aliphatic carbocycles. The van der Waals surface area contributed by atoms with Gasteiger partial charge in [0, 0.05) is 64.4 Å². The number of nitrogens with zero attached hydrogens (tertiary/aromatic N) is 3. The van der Waals surface area contributed by atoms with Gasteiger partial charge in [-0.3, -0.25) is 34.2 Å². The number of alkyl carbamates (subject to hydrolysis) is 1. The van der Waals surface area contributed by atoms with Gasteiger partial charge in [-0.05, 0) is 83.4 Å². The number of halogens is 1. The lowest BCUT2D eigenvalue weighted by molar-refractivity contribution is -0.159. The predicted molar refractivity (Wildman–Crippen MR) is 253 cm³/mol. The summed E-state index contributed by atoms with van der Waals surface area (Å²) in [5.74, 6) is -2.20. The van der Waals surface area contributed by atoms with Crippen LogP contribution >= 0.6 is 23.4 Å². The molecule has 3 aliphatic heterocycles. The Morgan fingerprint density at radius 2 is 1.79 bits per heavy atom. The van der Waals surface area contributed by atoms with Crippen molar-refractivity contribution in [2.24, 2.45) is 23.7 Å². The predicted octanol–water partition coefficient (Wildman–Crippen LogP) is 5.15. The lowest BCUT2D eigenvalue weighted by Crippen LogP contribution is -2.63. The fourth-order valence-corrected chi connectivity index (χ4v) is 10.6. The first kappa shape index (κ1) is 54.3. The third-order valence-corrected chi connectivity index (χ3v) is 15.4. The first-order valence-electron chi connectivity index (χ1n) is 23.0. The largest absolute Gasteiger partial charge is 0.495 e. The zero-order valence-corrected chi connectivity index (χ0v) is 41.9. The number of anilines is 1. The lowest BCUT2D eigenvalue weighted by Gasteiger charge is -2.42. The number of carbonyl (C=O) groups is 7. The van der Waals surface area contributed by atoms with E-state index >= 15 is 0 Å². The Hall–Kier alpha value is -4.69. The number of carboxylic acids is 1. The van der Waals surface area contributed by atoms with Gasteiger partial charge < -0.3 is 43.7 Å². The summed E-state index contributed by atoms with van der Waals surface area (Å²) < 4.78 is 28.7. The fraction of sp³-hybridized carbons (Fsp3) is 0.646. The van der Waals surface area contributed by atoms with E-state index in [2.05, 4.69) is 5.32 Å². The van der Waals surface area contributed by atoms with Gasteiger partial charge in [-0.2, -0.15) is 11.8 Å². The molecule has 0 spiro atoms. The second kappa shape index (κ2) is 23.3. The van der Waals surface area contributed by atoms with Gasteiger partial charge >= 0.3 is 18.0 Å². The molecular weight excluding hydrogens is 924 g/mol. The first-order valence-corrected chi connectivity index (χ1v) is 24.5. The number of aliphatic carboxylic acids is 1. The van der Waals surface area contributed by atoms with Crippen LogP contribution in [-0.4, -0.2) is 150 Å². The Morgan fingerprint density at radius 1 is 1.10 bits per heavy atom. The summed E-state index contributed by atoms with van der Waals surface area (Å²) in [5, 5.41) is 23.9. The number of carboxylic acid groups (broad SMARTS) is 1. The zero-order valence-electron chi connectivity index (χ0n) is 40.4. The maximum atomic E-state index is 13.4. The van der Waals surface area contributed by atoms with Gasteiger partial charge in [0.05, 0.1) is 30.7 Å². The molecule has 18 nitrogen and oxygen atoms in total. The molecule has 9 unspecified atom stereocenters. The maximum Gasteiger partial charge on any atom is 0.409 e. The van der Waals surface area contributed by atoms with Gasteiger partial charge in [0.1, 0.15) is 40.7 Å². The number of likely N-dealkylation sites (N-methyl/N-ethyl adjacent to an activating group) is 1. The number of imide groups is 1. The van der Waals surface area contributed by atoms with Crippen LogP contribution in [0.15, 0.2) is 35.9 Å². The van der Waals surface area contributed by atoms with E-state index in [1.165, 1.54) is 47.7 Å². The highest BCUT2D eigenvalue weighted by Crippen LogP contribution is 2.48. The van der Waals surface area contributed by atoms with E-state index in [1.807, 2.05) is 19.9 Å². The Kier molecular flexibility index (Phi) is 18.6. The number of cyclic esters (lactones) is 1. The van der Waals surface area contributed by atoms with E-state index in [-0.39, 0.29) is 48.8 Å². The Bertz CT molecular complexity index is 2120. The summed E-state index contributed by atoms with van der Waals surface area (Å²) in [6, 6.07) is 2.67. The van der Waals surface area contributed by atoms with Gasteiger partial charge in [0.25, 0.3) is 0 Å². The number of esters is 1. The molecule has 0 radical (unpaired) electrons. The van der Waals surface area contributed by atoms with E-state index in [0.717, 1.165) is 11.1 Å². The molecule has 5 rings (SSSR count). The number of carbonyl (C=O) groups excluding carboxylic acids is 6. The number of thioether (sulfide) groups is 1. The van der Waals surface area contributed by atoms with Crippen molar-refractivity contribution >= 4 is 71.2 Å². The van der Waals surface area contributed by atoms with E-state index < -0.39 is 71.7 Å². The number of hydrogen-bond acceptors (Lipinski definition) is 14. The van der Waals surface area contributed by atoms with Crippen LogP contribution in [0.2, 0.25) is 5.02 Å². The number of epoxide rings is 1. The molecule has 1 aromatic carbocycles. The third kappa shape index (κ3) is 12.9. The standard InChI is InChI=1S/C48H67ClN4O14S/c1-27(19-32-20-35(51(6)26-54)41(49)36(21-32)63-8)11-10-12-38(64-9)48(62)23-37(66-46(61)50-48)28(2)42-47(5,67-42)30(4)65-45(60)29(3)52(7)39(55)17-18-68-25-34-22-40(56)53(43(34)57)24-31-13-15-33(16-14-31)44(58)59/h10-12,20-21,26,28-31,33-34,37-38,42,62H,13-19,22-25H2,1-9H3,(H,50,61)(H,58,59)/b12-10+,27-11+. The molecule has 20 heteroatoms. The van der Waals surface area contributed by atoms with Crippen molar-refractivity contribution in [3.8, 4) is 5.75 Å². The third-order valence-electron chi connectivity index (χ3n) is 13.9. The molecule has 0 bridgehead atoms. The van der Waals surface area contributed by atoms with Crippen molar-refractivity contribution in [2.75, 3.05) is 51.3 Å². The summed E-state index contributed by atoms with van der Waals surface area (Å²) in [4.78, 5) is 91.9. The van der Waals surface area contributed by atoms with Gasteiger partial charge in [-0.25, -0.2) is 9.59 Å². The van der Waals surface area contributed by atoms with Gasteiger partial charge in [-0.1, -0.05) is 42.3 Å². The van der Waals surface area contributed by atoms with Crippen LogP contribution in [0.5, 0.6) is 5.75 Å². The van der Waals surface area contributed by atoms with E-state index in [0.29, 0.717) is 73.0 Å². The monoisotopic (exact) mass is 990 g/mol. The minimum absolute atomic E-state index is 0.0543. The molecule has 376 valence electrons. The quantitative estimate of drug-likeness (QED) is 0.0322.